The van der Waals surface area contributed by atoms with Gasteiger partial charge in [-0.3, -0.25) is 9.59 Å². The van der Waals surface area contributed by atoms with Gasteiger partial charge >= 0.3 is 5.97 Å². The fraction of sp³-hybridized carbons (Fsp3) is 0.467. The summed E-state index contributed by atoms with van der Waals surface area (Å²) in [6.45, 7) is 4.98. The van der Waals surface area contributed by atoms with E-state index in [1.807, 2.05) is 6.92 Å². The lowest BCUT2D eigenvalue weighted by Gasteiger charge is -2.12. The fourth-order valence-electron chi connectivity index (χ4n) is 1.79. The number of aryl methyl sites for hydroxylation is 1. The van der Waals surface area contributed by atoms with Gasteiger partial charge in [0.05, 0.1) is 6.61 Å². The van der Waals surface area contributed by atoms with E-state index in [9.17, 15) is 18.0 Å². The smallest absolute Gasteiger partial charge is 0.321 e. The van der Waals surface area contributed by atoms with Crippen LogP contribution in [0.15, 0.2) is 24.3 Å². The predicted octanol–water partition coefficient (Wildman–Crippen LogP) is 1.80. The van der Waals surface area contributed by atoms with Gasteiger partial charge in [0.15, 0.2) is 15.6 Å². The number of carbonyl (C=O) groups is 2. The summed E-state index contributed by atoms with van der Waals surface area (Å²) >= 11 is 0. The van der Waals surface area contributed by atoms with Crippen LogP contribution in [0.1, 0.15) is 36.7 Å². The van der Waals surface area contributed by atoms with Crippen LogP contribution in [0.25, 0.3) is 0 Å². The lowest BCUT2D eigenvalue weighted by molar-refractivity contribution is -0.139. The van der Waals surface area contributed by atoms with Crippen molar-refractivity contribution < 1.29 is 22.7 Å². The Morgan fingerprint density at radius 1 is 1.14 bits per heavy atom. The average molecular weight is 312 g/mol. The number of benzene rings is 1. The van der Waals surface area contributed by atoms with Crippen LogP contribution in [0.5, 0.6) is 0 Å². The quantitative estimate of drug-likeness (QED) is 0.567. The van der Waals surface area contributed by atoms with E-state index < -0.39 is 32.6 Å². The molecule has 0 N–H and O–H groups in total. The minimum Gasteiger partial charge on any atom is -0.465 e. The molecular formula is C15H20O5S. The van der Waals surface area contributed by atoms with Gasteiger partial charge in [-0.2, -0.15) is 0 Å². The van der Waals surface area contributed by atoms with Crippen molar-refractivity contribution in [3.8, 4) is 0 Å². The number of Topliss-reactive ketones (excluding diaryl/α,β-unsaturated/α-hetero) is 1. The molecule has 0 heterocycles. The third kappa shape index (κ3) is 4.67. The summed E-state index contributed by atoms with van der Waals surface area (Å²) in [4.78, 5) is 23.5. The number of ether oxygens (including phenoxy) is 1. The van der Waals surface area contributed by atoms with E-state index in [-0.39, 0.29) is 6.61 Å². The van der Waals surface area contributed by atoms with E-state index in [1.165, 1.54) is 6.92 Å². The Morgan fingerprint density at radius 3 is 2.19 bits per heavy atom. The predicted molar refractivity (Wildman–Crippen MR) is 80.0 cm³/mol. The van der Waals surface area contributed by atoms with Gasteiger partial charge in [-0.15, -0.1) is 0 Å². The summed E-state index contributed by atoms with van der Waals surface area (Å²) in [6.07, 6.45) is 0.838. The highest BCUT2D eigenvalue weighted by Crippen LogP contribution is 2.13. The van der Waals surface area contributed by atoms with Crippen LogP contribution in [-0.4, -0.2) is 37.8 Å². The molecule has 1 unspecified atom stereocenters. The number of sulfone groups is 1. The number of hydrogen-bond acceptors (Lipinski definition) is 5. The van der Waals surface area contributed by atoms with Crippen molar-refractivity contribution in [1.82, 2.24) is 0 Å². The topological polar surface area (TPSA) is 77.5 Å². The van der Waals surface area contributed by atoms with Gasteiger partial charge < -0.3 is 4.74 Å². The summed E-state index contributed by atoms with van der Waals surface area (Å²) in [5.41, 5.74) is 1.39. The Labute approximate surface area is 125 Å². The minimum absolute atomic E-state index is 0.106. The Hall–Kier alpha value is -1.69. The number of rotatable bonds is 7. The molecular weight excluding hydrogens is 292 g/mol. The Balaban J connectivity index is 2.87. The zero-order chi connectivity index (χ0) is 16.0. The number of carbonyl (C=O) groups excluding carboxylic acids is 2. The number of esters is 1. The summed E-state index contributed by atoms with van der Waals surface area (Å²) in [7, 11) is -3.87. The normalized spacial score (nSPS) is 12.7. The van der Waals surface area contributed by atoms with Gasteiger partial charge in [-0.1, -0.05) is 31.2 Å². The molecule has 0 bridgehead atoms. The Bertz CT molecular complexity index is 601. The first-order valence-electron chi connectivity index (χ1n) is 6.82. The first-order valence-corrected chi connectivity index (χ1v) is 8.53. The molecule has 116 valence electrons. The standard InChI is InChI=1S/C15H20O5S/c1-4-12-6-8-13(9-7-12)15(17)11(3)21(18,19)10-14(16)20-5-2/h6-9,11H,4-5,10H2,1-3H3. The van der Waals surface area contributed by atoms with Gasteiger partial charge in [-0.25, -0.2) is 8.42 Å². The molecule has 5 nitrogen and oxygen atoms in total. The molecule has 0 saturated heterocycles. The Kier molecular flexibility index (Phi) is 6.08. The monoisotopic (exact) mass is 312 g/mol. The van der Waals surface area contributed by atoms with Crippen molar-refractivity contribution in [3.63, 3.8) is 0 Å². The van der Waals surface area contributed by atoms with Crippen molar-refractivity contribution in [2.45, 2.75) is 32.4 Å². The zero-order valence-electron chi connectivity index (χ0n) is 12.5. The first kappa shape index (κ1) is 17.4. The third-order valence-electron chi connectivity index (χ3n) is 3.18. The Morgan fingerprint density at radius 2 is 1.71 bits per heavy atom. The maximum atomic E-state index is 12.2. The molecule has 1 aromatic carbocycles. The fourth-order valence-corrected chi connectivity index (χ4v) is 2.92. The zero-order valence-corrected chi connectivity index (χ0v) is 13.3. The van der Waals surface area contributed by atoms with Gasteiger partial charge in [0.1, 0.15) is 11.0 Å². The number of hydrogen-bond donors (Lipinski definition) is 0. The van der Waals surface area contributed by atoms with Crippen LogP contribution in [0.4, 0.5) is 0 Å². The highest BCUT2D eigenvalue weighted by molar-refractivity contribution is 7.93. The van der Waals surface area contributed by atoms with Crippen LogP contribution in [0, 0.1) is 0 Å². The lowest BCUT2D eigenvalue weighted by Crippen LogP contribution is -2.33. The maximum Gasteiger partial charge on any atom is 0.321 e. The molecule has 6 heteroatoms. The van der Waals surface area contributed by atoms with Gasteiger partial charge in [-0.05, 0) is 25.8 Å². The molecule has 0 saturated carbocycles. The molecule has 0 aliphatic heterocycles. The third-order valence-corrected chi connectivity index (χ3v) is 5.11. The van der Waals surface area contributed by atoms with Gasteiger partial charge in [0.25, 0.3) is 0 Å². The second-order valence-corrected chi connectivity index (χ2v) is 6.99. The second kappa shape index (κ2) is 7.36. The SMILES string of the molecule is CCOC(=O)CS(=O)(=O)C(C)C(=O)c1ccc(CC)cc1. The molecule has 1 aromatic rings. The lowest BCUT2D eigenvalue weighted by atomic mass is 10.1. The van der Waals surface area contributed by atoms with E-state index in [4.69, 9.17) is 0 Å². The van der Waals surface area contributed by atoms with Gasteiger partial charge in [0, 0.05) is 5.56 Å². The summed E-state index contributed by atoms with van der Waals surface area (Å²) < 4.78 is 28.7. The van der Waals surface area contributed by atoms with E-state index in [0.29, 0.717) is 5.56 Å². The number of ketones is 1. The van der Waals surface area contributed by atoms with Crippen molar-refractivity contribution in [2.75, 3.05) is 12.4 Å². The molecule has 0 aliphatic rings. The van der Waals surface area contributed by atoms with Crippen LogP contribution < -0.4 is 0 Å². The molecule has 21 heavy (non-hydrogen) atoms. The van der Waals surface area contributed by atoms with E-state index in [1.54, 1.807) is 31.2 Å². The molecule has 0 fully saturated rings. The van der Waals surface area contributed by atoms with E-state index in [0.717, 1.165) is 12.0 Å². The first-order chi connectivity index (χ1) is 9.81. The van der Waals surface area contributed by atoms with Crippen molar-refractivity contribution >= 4 is 21.6 Å². The van der Waals surface area contributed by atoms with Crippen molar-refractivity contribution in [1.29, 1.82) is 0 Å². The molecule has 0 aromatic heterocycles. The minimum atomic E-state index is -3.87. The summed E-state index contributed by atoms with van der Waals surface area (Å²) in [5.74, 6) is -2.12. The largest absolute Gasteiger partial charge is 0.465 e. The van der Waals surface area contributed by atoms with E-state index >= 15 is 0 Å². The molecule has 0 aliphatic carbocycles. The van der Waals surface area contributed by atoms with Crippen molar-refractivity contribution in [2.24, 2.45) is 0 Å². The van der Waals surface area contributed by atoms with Crippen molar-refractivity contribution in [3.05, 3.63) is 35.4 Å². The molecule has 1 rings (SSSR count). The molecule has 1 atom stereocenters. The average Bonchev–Trinajstić information content (AvgIpc) is 2.45. The van der Waals surface area contributed by atoms with Gasteiger partial charge in [0.2, 0.25) is 0 Å². The van der Waals surface area contributed by atoms with E-state index in [2.05, 4.69) is 4.74 Å². The highest BCUT2D eigenvalue weighted by atomic mass is 32.2. The van der Waals surface area contributed by atoms with Crippen LogP contribution in [0.2, 0.25) is 0 Å². The molecule has 0 spiro atoms. The summed E-state index contributed by atoms with van der Waals surface area (Å²) in [6, 6.07) is 6.80. The molecule has 0 amide bonds. The van der Waals surface area contributed by atoms with Crippen LogP contribution in [-0.2, 0) is 25.8 Å². The maximum absolute atomic E-state index is 12.2. The second-order valence-electron chi connectivity index (χ2n) is 4.67. The summed E-state index contributed by atoms with van der Waals surface area (Å²) in [5, 5.41) is -1.27. The van der Waals surface area contributed by atoms with Crippen LogP contribution >= 0.6 is 0 Å². The molecule has 0 radical (unpaired) electrons. The van der Waals surface area contributed by atoms with Crippen LogP contribution in [0.3, 0.4) is 0 Å². The highest BCUT2D eigenvalue weighted by Gasteiger charge is 2.31.